The molecule has 0 radical (unpaired) electrons. The lowest BCUT2D eigenvalue weighted by Gasteiger charge is -2.29. The van der Waals surface area contributed by atoms with Crippen LogP contribution in [0.25, 0.3) is 0 Å². The number of amides is 2. The van der Waals surface area contributed by atoms with E-state index in [-0.39, 0.29) is 6.03 Å². The number of aryl methyl sites for hydroxylation is 1. The number of carbonyl (C=O) groups is 1. The number of anilines is 1. The van der Waals surface area contributed by atoms with E-state index < -0.39 is 0 Å². The Bertz CT molecular complexity index is 730. The number of hydrogen-bond donors (Lipinski definition) is 2. The van der Waals surface area contributed by atoms with Gasteiger partial charge in [-0.15, -0.1) is 0 Å². The highest BCUT2D eigenvalue weighted by Crippen LogP contribution is 2.18. The van der Waals surface area contributed by atoms with Crippen LogP contribution < -0.4 is 20.3 Å². The molecule has 2 amide bonds. The van der Waals surface area contributed by atoms with Gasteiger partial charge in [0.2, 0.25) is 0 Å². The molecule has 0 aliphatic carbocycles. The van der Waals surface area contributed by atoms with Crippen LogP contribution in [0.1, 0.15) is 11.1 Å². The number of aromatic nitrogens is 1. The Balaban J connectivity index is 1.40. The van der Waals surface area contributed by atoms with Crippen LogP contribution in [0.2, 0.25) is 0 Å². The number of nitrogens with one attached hydrogen (secondary N) is 2. The predicted molar refractivity (Wildman–Crippen MR) is 104 cm³/mol. The van der Waals surface area contributed by atoms with Crippen molar-refractivity contribution in [2.45, 2.75) is 13.5 Å². The summed E-state index contributed by atoms with van der Waals surface area (Å²) in [5.74, 6) is 1.71. The van der Waals surface area contributed by atoms with E-state index in [9.17, 15) is 4.79 Å². The minimum atomic E-state index is -0.223. The van der Waals surface area contributed by atoms with Crippen LogP contribution in [0, 0.1) is 6.92 Å². The van der Waals surface area contributed by atoms with Gasteiger partial charge in [-0.3, -0.25) is 0 Å². The zero-order chi connectivity index (χ0) is 18.9. The quantitative estimate of drug-likeness (QED) is 0.730. The second kappa shape index (κ2) is 9.78. The van der Waals surface area contributed by atoms with E-state index in [4.69, 9.17) is 9.47 Å². The van der Waals surface area contributed by atoms with Crippen LogP contribution in [0.4, 0.5) is 10.6 Å². The summed E-state index contributed by atoms with van der Waals surface area (Å²) >= 11 is 0. The van der Waals surface area contributed by atoms with Crippen molar-refractivity contribution in [3.05, 3.63) is 53.7 Å². The SMILES string of the molecule is Cc1ccc(OCCNC(=O)NCc2cccnc2N2CCOCC2)cc1. The van der Waals surface area contributed by atoms with E-state index in [1.807, 2.05) is 43.3 Å². The summed E-state index contributed by atoms with van der Waals surface area (Å²) in [6.07, 6.45) is 1.77. The van der Waals surface area contributed by atoms with Crippen molar-refractivity contribution in [3.63, 3.8) is 0 Å². The number of ether oxygens (including phenoxy) is 2. The van der Waals surface area contributed by atoms with Gasteiger partial charge < -0.3 is 25.0 Å². The first kappa shape index (κ1) is 19.0. The lowest BCUT2D eigenvalue weighted by molar-refractivity contribution is 0.122. The number of carbonyl (C=O) groups excluding carboxylic acids is 1. The third-order valence-electron chi connectivity index (χ3n) is 4.29. The Labute approximate surface area is 159 Å². The third kappa shape index (κ3) is 5.86. The summed E-state index contributed by atoms with van der Waals surface area (Å²) in [4.78, 5) is 18.7. The van der Waals surface area contributed by atoms with E-state index in [2.05, 4.69) is 20.5 Å². The predicted octanol–water partition coefficient (Wildman–Crippen LogP) is 2.10. The van der Waals surface area contributed by atoms with Crippen LogP contribution in [0.5, 0.6) is 5.75 Å². The normalized spacial score (nSPS) is 13.9. The van der Waals surface area contributed by atoms with Gasteiger partial charge >= 0.3 is 6.03 Å². The van der Waals surface area contributed by atoms with Gasteiger partial charge in [0.05, 0.1) is 19.8 Å². The number of hydrogen-bond acceptors (Lipinski definition) is 5. The van der Waals surface area contributed by atoms with E-state index >= 15 is 0 Å². The van der Waals surface area contributed by atoms with Crippen molar-refractivity contribution >= 4 is 11.8 Å². The summed E-state index contributed by atoms with van der Waals surface area (Å²) in [5, 5.41) is 5.69. The molecule has 1 fully saturated rings. The Hall–Kier alpha value is -2.80. The van der Waals surface area contributed by atoms with Gasteiger partial charge in [0.1, 0.15) is 18.2 Å². The molecule has 0 saturated carbocycles. The van der Waals surface area contributed by atoms with Crippen molar-refractivity contribution in [2.75, 3.05) is 44.4 Å². The Morgan fingerprint density at radius 1 is 1.19 bits per heavy atom. The molecule has 0 unspecified atom stereocenters. The summed E-state index contributed by atoms with van der Waals surface area (Å²) in [6.45, 7) is 6.33. The van der Waals surface area contributed by atoms with E-state index in [1.54, 1.807) is 6.20 Å². The molecule has 1 aromatic carbocycles. The van der Waals surface area contributed by atoms with Crippen molar-refractivity contribution in [1.29, 1.82) is 0 Å². The Morgan fingerprint density at radius 3 is 2.74 bits per heavy atom. The van der Waals surface area contributed by atoms with Gasteiger partial charge in [-0.05, 0) is 25.1 Å². The number of pyridine rings is 1. The number of rotatable bonds is 7. The van der Waals surface area contributed by atoms with Crippen LogP contribution in [-0.2, 0) is 11.3 Å². The summed E-state index contributed by atoms with van der Waals surface area (Å²) in [7, 11) is 0. The molecule has 27 heavy (non-hydrogen) atoms. The second-order valence-electron chi connectivity index (χ2n) is 6.36. The summed E-state index contributed by atoms with van der Waals surface area (Å²) in [5.41, 5.74) is 2.18. The molecule has 3 rings (SSSR count). The number of morpholine rings is 1. The molecule has 2 aromatic rings. The van der Waals surface area contributed by atoms with Crippen molar-refractivity contribution < 1.29 is 14.3 Å². The van der Waals surface area contributed by atoms with Crippen LogP contribution in [0.15, 0.2) is 42.6 Å². The molecule has 2 heterocycles. The number of urea groups is 1. The average Bonchev–Trinajstić information content (AvgIpc) is 2.72. The maximum atomic E-state index is 12.0. The minimum absolute atomic E-state index is 0.223. The lowest BCUT2D eigenvalue weighted by atomic mass is 10.2. The molecule has 2 N–H and O–H groups in total. The molecule has 7 heteroatoms. The number of benzene rings is 1. The first-order chi connectivity index (χ1) is 13.2. The van der Waals surface area contributed by atoms with Crippen LogP contribution in [0.3, 0.4) is 0 Å². The highest BCUT2D eigenvalue weighted by molar-refractivity contribution is 5.74. The first-order valence-corrected chi connectivity index (χ1v) is 9.20. The smallest absolute Gasteiger partial charge is 0.315 e. The monoisotopic (exact) mass is 370 g/mol. The highest BCUT2D eigenvalue weighted by atomic mass is 16.5. The van der Waals surface area contributed by atoms with Gasteiger partial charge in [0.25, 0.3) is 0 Å². The fourth-order valence-electron chi connectivity index (χ4n) is 2.83. The average molecular weight is 370 g/mol. The molecule has 0 bridgehead atoms. The van der Waals surface area contributed by atoms with E-state index in [1.165, 1.54) is 5.56 Å². The van der Waals surface area contributed by atoms with Crippen LogP contribution >= 0.6 is 0 Å². The molecule has 0 atom stereocenters. The molecule has 144 valence electrons. The lowest BCUT2D eigenvalue weighted by Crippen LogP contribution is -2.39. The fourth-order valence-corrected chi connectivity index (χ4v) is 2.83. The molecule has 1 aliphatic heterocycles. The zero-order valence-corrected chi connectivity index (χ0v) is 15.6. The van der Waals surface area contributed by atoms with Gasteiger partial charge in [-0.1, -0.05) is 23.8 Å². The molecule has 1 aliphatic rings. The molecular formula is C20H26N4O3. The fraction of sp³-hybridized carbons (Fsp3) is 0.400. The van der Waals surface area contributed by atoms with Crippen LogP contribution in [-0.4, -0.2) is 50.5 Å². The Kier molecular flexibility index (Phi) is 6.87. The molecule has 1 saturated heterocycles. The standard InChI is InChI=1S/C20H26N4O3/c1-16-4-6-18(7-5-16)27-12-9-22-20(25)23-15-17-3-2-8-21-19(17)24-10-13-26-14-11-24/h2-8H,9-15H2,1H3,(H2,22,23,25). The Morgan fingerprint density at radius 2 is 1.96 bits per heavy atom. The van der Waals surface area contributed by atoms with E-state index in [0.29, 0.717) is 32.9 Å². The van der Waals surface area contributed by atoms with E-state index in [0.717, 1.165) is 30.2 Å². The molecule has 0 spiro atoms. The second-order valence-corrected chi connectivity index (χ2v) is 6.36. The molecule has 7 nitrogen and oxygen atoms in total. The summed E-state index contributed by atoms with van der Waals surface area (Å²) in [6, 6.07) is 11.5. The third-order valence-corrected chi connectivity index (χ3v) is 4.29. The van der Waals surface area contributed by atoms with Gasteiger partial charge in [-0.2, -0.15) is 0 Å². The van der Waals surface area contributed by atoms with Gasteiger partial charge in [0.15, 0.2) is 0 Å². The molecular weight excluding hydrogens is 344 g/mol. The van der Waals surface area contributed by atoms with Crippen molar-refractivity contribution in [2.24, 2.45) is 0 Å². The van der Waals surface area contributed by atoms with Crippen molar-refractivity contribution in [1.82, 2.24) is 15.6 Å². The van der Waals surface area contributed by atoms with Gasteiger partial charge in [-0.25, -0.2) is 9.78 Å². The zero-order valence-electron chi connectivity index (χ0n) is 15.6. The molecule has 1 aromatic heterocycles. The van der Waals surface area contributed by atoms with Crippen molar-refractivity contribution in [3.8, 4) is 5.75 Å². The first-order valence-electron chi connectivity index (χ1n) is 9.20. The number of nitrogens with zero attached hydrogens (tertiary/aromatic N) is 2. The topological polar surface area (TPSA) is 75.7 Å². The van der Waals surface area contributed by atoms with Gasteiger partial charge in [0, 0.05) is 31.4 Å². The summed E-state index contributed by atoms with van der Waals surface area (Å²) < 4.78 is 11.0. The maximum absolute atomic E-state index is 12.0. The minimum Gasteiger partial charge on any atom is -0.492 e. The maximum Gasteiger partial charge on any atom is 0.315 e. The largest absolute Gasteiger partial charge is 0.492 e. The highest BCUT2D eigenvalue weighted by Gasteiger charge is 2.16.